The van der Waals surface area contributed by atoms with Crippen LogP contribution >= 0.6 is 0 Å². The average Bonchev–Trinajstić information content (AvgIpc) is 3.21. The van der Waals surface area contributed by atoms with Crippen LogP contribution in [-0.4, -0.2) is 38.9 Å². The van der Waals surface area contributed by atoms with Crippen LogP contribution in [0.3, 0.4) is 0 Å². The molecule has 11 nitrogen and oxygen atoms in total. The molecule has 0 unspecified atom stereocenters. The van der Waals surface area contributed by atoms with Crippen LogP contribution in [0.15, 0.2) is 40.4 Å². The minimum Gasteiger partial charge on any atom is -0.383 e. The number of rotatable bonds is 5. The van der Waals surface area contributed by atoms with Crippen molar-refractivity contribution >= 4 is 38.3 Å². The lowest BCUT2D eigenvalue weighted by Crippen LogP contribution is -2.15. The van der Waals surface area contributed by atoms with Crippen molar-refractivity contribution in [1.29, 1.82) is 0 Å². The number of aryl methyl sites for hydroxylation is 3. The second-order valence-corrected chi connectivity index (χ2v) is 8.28. The zero-order valence-electron chi connectivity index (χ0n) is 16.2. The van der Waals surface area contributed by atoms with Crippen LogP contribution in [-0.2, 0) is 17.1 Å². The van der Waals surface area contributed by atoms with Crippen LogP contribution in [0, 0.1) is 13.8 Å². The first-order valence-electron chi connectivity index (χ1n) is 8.70. The van der Waals surface area contributed by atoms with Gasteiger partial charge in [-0.2, -0.15) is 0 Å². The van der Waals surface area contributed by atoms with E-state index in [1.165, 1.54) is 38.6 Å². The molecule has 4 aromatic heterocycles. The Hall–Kier alpha value is -3.80. The van der Waals surface area contributed by atoms with Gasteiger partial charge in [0.1, 0.15) is 23.5 Å². The van der Waals surface area contributed by atoms with E-state index >= 15 is 0 Å². The summed E-state index contributed by atoms with van der Waals surface area (Å²) in [5.41, 5.74) is 7.26. The summed E-state index contributed by atoms with van der Waals surface area (Å²) in [6.45, 7) is 3.02. The molecule has 0 fully saturated rings. The molecule has 0 aromatic carbocycles. The molecule has 0 aliphatic heterocycles. The number of nitrogens with one attached hydrogen (secondary N) is 1. The van der Waals surface area contributed by atoms with Crippen LogP contribution in [0.2, 0.25) is 0 Å². The van der Waals surface area contributed by atoms with E-state index in [4.69, 9.17) is 10.3 Å². The summed E-state index contributed by atoms with van der Waals surface area (Å²) >= 11 is 0. The highest BCUT2D eigenvalue weighted by molar-refractivity contribution is 7.92. The molecular formula is C18H17N7O4S. The Labute approximate surface area is 171 Å². The van der Waals surface area contributed by atoms with Crippen molar-refractivity contribution in [2.45, 2.75) is 18.7 Å². The molecule has 4 rings (SSSR count). The number of hydrogen-bond acceptors (Lipinski definition) is 9. The maximum atomic E-state index is 13.1. The summed E-state index contributed by atoms with van der Waals surface area (Å²) in [4.78, 5) is 25.1. The number of nitrogens with zero attached hydrogens (tertiary/aromatic N) is 5. The number of carbonyl (C=O) groups excluding carboxylic acids is 1. The predicted octanol–water partition coefficient (Wildman–Crippen LogP) is 1.58. The highest BCUT2D eigenvalue weighted by Gasteiger charge is 2.25. The first kappa shape index (κ1) is 19.5. The zero-order chi connectivity index (χ0) is 21.6. The molecule has 3 N–H and O–H groups in total. The zero-order valence-corrected chi connectivity index (χ0v) is 17.1. The average molecular weight is 427 g/mol. The van der Waals surface area contributed by atoms with E-state index in [1.54, 1.807) is 17.8 Å². The number of nitrogen functional groups attached to an aromatic ring is 1. The van der Waals surface area contributed by atoms with E-state index in [2.05, 4.69) is 24.8 Å². The molecule has 12 heteroatoms. The van der Waals surface area contributed by atoms with Crippen molar-refractivity contribution in [2.75, 3.05) is 10.5 Å². The van der Waals surface area contributed by atoms with Crippen LogP contribution in [0.25, 0.3) is 11.0 Å². The topological polar surface area (TPSA) is 159 Å². The van der Waals surface area contributed by atoms with Gasteiger partial charge in [-0.3, -0.25) is 14.5 Å². The lowest BCUT2D eigenvalue weighted by molar-refractivity contribution is 0.103. The Bertz CT molecular complexity index is 1390. The third-order valence-corrected chi connectivity index (χ3v) is 6.14. The molecule has 0 radical (unpaired) electrons. The molecule has 4 heterocycles. The molecule has 0 aliphatic rings. The van der Waals surface area contributed by atoms with Crippen LogP contribution in [0.4, 0.5) is 11.5 Å². The number of carbonyl (C=O) groups is 1. The number of sulfonamides is 1. The second kappa shape index (κ2) is 6.91. The minimum absolute atomic E-state index is 0.0572. The summed E-state index contributed by atoms with van der Waals surface area (Å²) in [7, 11) is -2.24. The second-order valence-electron chi connectivity index (χ2n) is 6.66. The number of nitrogens with two attached hydrogens (primary N) is 1. The van der Waals surface area contributed by atoms with Gasteiger partial charge in [0, 0.05) is 25.0 Å². The number of pyridine rings is 1. The van der Waals surface area contributed by atoms with Crippen molar-refractivity contribution in [1.82, 2.24) is 24.7 Å². The minimum atomic E-state index is -3.98. The van der Waals surface area contributed by atoms with Gasteiger partial charge in [-0.05, 0) is 19.9 Å². The largest absolute Gasteiger partial charge is 0.383 e. The monoisotopic (exact) mass is 427 g/mol. The fourth-order valence-electron chi connectivity index (χ4n) is 3.25. The van der Waals surface area contributed by atoms with Gasteiger partial charge in [-0.1, -0.05) is 5.16 Å². The molecular weight excluding hydrogens is 410 g/mol. The third kappa shape index (κ3) is 3.16. The standard InChI is InChI=1S/C18H17N7O4S/c1-9-16(10(2)29-23-9)30(27,28)24-12-4-11(5-20-6-12)15(26)13-7-25(3)18-14(13)17(19)21-8-22-18/h4-8,24H,1-3H3,(H2,19,21,22). The number of aromatic nitrogens is 5. The van der Waals surface area contributed by atoms with E-state index in [0.29, 0.717) is 11.0 Å². The van der Waals surface area contributed by atoms with Gasteiger partial charge >= 0.3 is 0 Å². The lowest BCUT2D eigenvalue weighted by Gasteiger charge is -2.08. The SMILES string of the molecule is Cc1noc(C)c1S(=O)(=O)Nc1cncc(C(=O)c2cn(C)c3ncnc(N)c23)c1. The van der Waals surface area contributed by atoms with Crippen LogP contribution in [0.1, 0.15) is 27.4 Å². The molecule has 0 amide bonds. The Balaban J connectivity index is 1.72. The van der Waals surface area contributed by atoms with Gasteiger partial charge in [0.2, 0.25) is 0 Å². The maximum absolute atomic E-state index is 13.1. The molecule has 0 saturated carbocycles. The highest BCUT2D eigenvalue weighted by Crippen LogP contribution is 2.27. The molecule has 0 aliphatic carbocycles. The first-order valence-corrected chi connectivity index (χ1v) is 10.2. The summed E-state index contributed by atoms with van der Waals surface area (Å²) in [6.07, 6.45) is 5.55. The normalized spacial score (nSPS) is 11.7. The highest BCUT2D eigenvalue weighted by atomic mass is 32.2. The molecule has 154 valence electrons. The quantitative estimate of drug-likeness (QED) is 0.451. The van der Waals surface area contributed by atoms with E-state index in [0.717, 1.165) is 0 Å². The van der Waals surface area contributed by atoms with Crippen LogP contribution in [0.5, 0.6) is 0 Å². The first-order chi connectivity index (χ1) is 14.2. The van der Waals surface area contributed by atoms with Gasteiger partial charge in [-0.25, -0.2) is 18.4 Å². The number of fused-ring (bicyclic) bond motifs is 1. The van der Waals surface area contributed by atoms with Gasteiger partial charge in [0.05, 0.1) is 22.8 Å². The molecule has 0 spiro atoms. The maximum Gasteiger partial charge on any atom is 0.267 e. The van der Waals surface area contributed by atoms with E-state index < -0.39 is 15.8 Å². The van der Waals surface area contributed by atoms with Crippen molar-refractivity contribution in [3.63, 3.8) is 0 Å². The van der Waals surface area contributed by atoms with Crippen molar-refractivity contribution in [3.8, 4) is 0 Å². The Morgan fingerprint density at radius 3 is 2.70 bits per heavy atom. The fraction of sp³-hybridized carbons (Fsp3) is 0.167. The molecule has 0 atom stereocenters. The van der Waals surface area contributed by atoms with Crippen molar-refractivity contribution < 1.29 is 17.7 Å². The van der Waals surface area contributed by atoms with Gasteiger partial charge in [-0.15, -0.1) is 0 Å². The number of hydrogen-bond donors (Lipinski definition) is 2. The molecule has 0 bridgehead atoms. The molecule has 4 aromatic rings. The number of anilines is 2. The smallest absolute Gasteiger partial charge is 0.267 e. The van der Waals surface area contributed by atoms with Crippen molar-refractivity contribution in [3.05, 3.63) is 53.6 Å². The third-order valence-electron chi connectivity index (χ3n) is 4.52. The summed E-state index contributed by atoms with van der Waals surface area (Å²) in [5.74, 6) is -0.0633. The summed E-state index contributed by atoms with van der Waals surface area (Å²) in [5, 5.41) is 4.08. The molecule has 30 heavy (non-hydrogen) atoms. The summed E-state index contributed by atoms with van der Waals surface area (Å²) in [6, 6.07) is 1.39. The van der Waals surface area contributed by atoms with E-state index in [9.17, 15) is 13.2 Å². The predicted molar refractivity (Wildman–Crippen MR) is 107 cm³/mol. The Morgan fingerprint density at radius 1 is 1.23 bits per heavy atom. The van der Waals surface area contributed by atoms with Gasteiger partial charge in [0.15, 0.2) is 16.4 Å². The lowest BCUT2D eigenvalue weighted by atomic mass is 10.1. The van der Waals surface area contributed by atoms with E-state index in [-0.39, 0.29) is 39.0 Å². The Kier molecular flexibility index (Phi) is 4.50. The molecule has 0 saturated heterocycles. The van der Waals surface area contributed by atoms with Gasteiger partial charge in [0.25, 0.3) is 10.0 Å². The van der Waals surface area contributed by atoms with Gasteiger partial charge < -0.3 is 14.8 Å². The fourth-order valence-corrected chi connectivity index (χ4v) is 4.61. The Morgan fingerprint density at radius 2 is 2.00 bits per heavy atom. The number of ketones is 1. The van der Waals surface area contributed by atoms with Crippen LogP contribution < -0.4 is 10.5 Å². The summed E-state index contributed by atoms with van der Waals surface area (Å²) < 4.78 is 34.4. The van der Waals surface area contributed by atoms with Crippen molar-refractivity contribution in [2.24, 2.45) is 7.05 Å². The van der Waals surface area contributed by atoms with E-state index in [1.807, 2.05) is 0 Å².